The maximum atomic E-state index is 10.3. The monoisotopic (exact) mass is 206 g/mol. The molecule has 2 N–H and O–H groups in total. The van der Waals surface area contributed by atoms with Crippen LogP contribution in [0.4, 0.5) is 0 Å². The van der Waals surface area contributed by atoms with Crippen LogP contribution in [0.3, 0.4) is 0 Å². The number of aryl methyl sites for hydroxylation is 1. The van der Waals surface area contributed by atoms with Gasteiger partial charge in [0.25, 0.3) is 0 Å². The molecule has 82 valence electrons. The van der Waals surface area contributed by atoms with E-state index in [1.165, 1.54) is 5.56 Å². The summed E-state index contributed by atoms with van der Waals surface area (Å²) in [5, 5.41) is 13.5. The van der Waals surface area contributed by atoms with Gasteiger partial charge >= 0.3 is 0 Å². The molecule has 1 aliphatic heterocycles. The molecule has 1 saturated heterocycles. The van der Waals surface area contributed by atoms with Gasteiger partial charge in [-0.3, -0.25) is 4.98 Å². The van der Waals surface area contributed by atoms with Crippen LogP contribution in [-0.2, 0) is 6.42 Å². The number of rotatable bonds is 2. The maximum absolute atomic E-state index is 10.3. The van der Waals surface area contributed by atoms with E-state index in [0.717, 1.165) is 25.1 Å². The van der Waals surface area contributed by atoms with Crippen LogP contribution < -0.4 is 5.32 Å². The number of hydrogen-bond acceptors (Lipinski definition) is 3. The van der Waals surface area contributed by atoms with Crippen LogP contribution in [0.2, 0.25) is 0 Å². The van der Waals surface area contributed by atoms with Crippen LogP contribution in [0.1, 0.15) is 24.1 Å². The van der Waals surface area contributed by atoms with E-state index in [1.54, 1.807) is 0 Å². The van der Waals surface area contributed by atoms with Crippen molar-refractivity contribution in [1.29, 1.82) is 0 Å². The Bertz CT molecular complexity index is 332. The largest absolute Gasteiger partial charge is 0.388 e. The molecular formula is C12H18N2O. The number of piperidine rings is 1. The van der Waals surface area contributed by atoms with Crippen molar-refractivity contribution in [3.05, 3.63) is 29.6 Å². The van der Waals surface area contributed by atoms with E-state index in [1.807, 2.05) is 25.3 Å². The second kappa shape index (κ2) is 4.29. The molecule has 0 spiro atoms. The highest BCUT2D eigenvalue weighted by Gasteiger charge is 2.29. The zero-order valence-corrected chi connectivity index (χ0v) is 9.16. The van der Waals surface area contributed by atoms with Crippen LogP contribution in [0.5, 0.6) is 0 Å². The number of nitrogens with one attached hydrogen (secondary N) is 1. The molecule has 1 aliphatic rings. The minimum atomic E-state index is -0.598. The quantitative estimate of drug-likeness (QED) is 0.760. The van der Waals surface area contributed by atoms with Gasteiger partial charge in [0.05, 0.1) is 5.60 Å². The molecule has 0 radical (unpaired) electrons. The summed E-state index contributed by atoms with van der Waals surface area (Å²) in [4.78, 5) is 4.29. The molecular weight excluding hydrogens is 188 g/mol. The third kappa shape index (κ3) is 2.76. The predicted octanol–water partition coefficient (Wildman–Crippen LogP) is 1.05. The first-order valence-electron chi connectivity index (χ1n) is 5.53. The molecule has 1 unspecified atom stereocenters. The zero-order chi connectivity index (χ0) is 10.7. The van der Waals surface area contributed by atoms with Gasteiger partial charge in [-0.25, -0.2) is 0 Å². The number of aliphatic hydroxyl groups is 1. The molecule has 0 aliphatic carbocycles. The van der Waals surface area contributed by atoms with Gasteiger partial charge in [0, 0.05) is 24.9 Å². The maximum Gasteiger partial charge on any atom is 0.0827 e. The lowest BCUT2D eigenvalue weighted by molar-refractivity contribution is 0.0161. The number of aromatic nitrogens is 1. The Kier molecular flexibility index (Phi) is 3.03. The fourth-order valence-electron chi connectivity index (χ4n) is 2.14. The van der Waals surface area contributed by atoms with Gasteiger partial charge in [-0.15, -0.1) is 0 Å². The van der Waals surface area contributed by atoms with Crippen molar-refractivity contribution in [2.45, 2.75) is 31.8 Å². The van der Waals surface area contributed by atoms with Gasteiger partial charge in [0.1, 0.15) is 0 Å². The number of β-amino-alcohol motifs (C(OH)–C–C–N with tert-alkyl or cyclic N) is 1. The first-order valence-corrected chi connectivity index (χ1v) is 5.53. The molecule has 1 aromatic rings. The normalized spacial score (nSPS) is 26.5. The zero-order valence-electron chi connectivity index (χ0n) is 9.16. The van der Waals surface area contributed by atoms with Crippen LogP contribution in [0.25, 0.3) is 0 Å². The molecule has 0 bridgehead atoms. The average Bonchev–Trinajstić information content (AvgIpc) is 2.18. The smallest absolute Gasteiger partial charge is 0.0827 e. The Hall–Kier alpha value is -0.930. The van der Waals surface area contributed by atoms with Crippen molar-refractivity contribution in [3.63, 3.8) is 0 Å². The fraction of sp³-hybridized carbons (Fsp3) is 0.583. The molecule has 15 heavy (non-hydrogen) atoms. The molecule has 1 atom stereocenters. The van der Waals surface area contributed by atoms with Crippen molar-refractivity contribution in [1.82, 2.24) is 10.3 Å². The molecule has 2 heterocycles. The molecule has 3 heteroatoms. The third-order valence-electron chi connectivity index (χ3n) is 2.93. The van der Waals surface area contributed by atoms with E-state index in [9.17, 15) is 5.11 Å². The van der Waals surface area contributed by atoms with Crippen molar-refractivity contribution in [3.8, 4) is 0 Å². The van der Waals surface area contributed by atoms with Gasteiger partial charge in [-0.1, -0.05) is 0 Å². The van der Waals surface area contributed by atoms with Crippen LogP contribution in [0.15, 0.2) is 18.3 Å². The standard InChI is InChI=1S/C12H18N2O/c1-10-3-6-14-11(7-10)8-12(15)4-2-5-13-9-12/h3,6-7,13,15H,2,4-5,8-9H2,1H3. The lowest BCUT2D eigenvalue weighted by Gasteiger charge is -2.32. The average molecular weight is 206 g/mol. The SMILES string of the molecule is Cc1ccnc(CC2(O)CCCNC2)c1. The van der Waals surface area contributed by atoms with E-state index in [-0.39, 0.29) is 0 Å². The minimum absolute atomic E-state index is 0.598. The molecule has 0 saturated carbocycles. The van der Waals surface area contributed by atoms with Crippen molar-refractivity contribution in [2.24, 2.45) is 0 Å². The first kappa shape index (κ1) is 10.6. The summed E-state index contributed by atoms with van der Waals surface area (Å²) in [5.74, 6) is 0. The summed E-state index contributed by atoms with van der Waals surface area (Å²) in [6.45, 7) is 3.75. The van der Waals surface area contributed by atoms with Gasteiger partial charge < -0.3 is 10.4 Å². The highest BCUT2D eigenvalue weighted by atomic mass is 16.3. The van der Waals surface area contributed by atoms with E-state index in [0.29, 0.717) is 13.0 Å². The second-order valence-electron chi connectivity index (χ2n) is 4.51. The topological polar surface area (TPSA) is 45.2 Å². The Morgan fingerprint density at radius 2 is 2.47 bits per heavy atom. The summed E-state index contributed by atoms with van der Waals surface area (Å²) in [6.07, 6.45) is 4.38. The van der Waals surface area contributed by atoms with Crippen molar-refractivity contribution >= 4 is 0 Å². The van der Waals surface area contributed by atoms with Gasteiger partial charge in [0.15, 0.2) is 0 Å². The van der Waals surface area contributed by atoms with Crippen molar-refractivity contribution < 1.29 is 5.11 Å². The summed E-state index contributed by atoms with van der Waals surface area (Å²) in [5.41, 5.74) is 1.59. The number of nitrogens with zero attached hydrogens (tertiary/aromatic N) is 1. The number of pyridine rings is 1. The highest BCUT2D eigenvalue weighted by molar-refractivity contribution is 5.16. The van der Waals surface area contributed by atoms with Gasteiger partial charge in [-0.2, -0.15) is 0 Å². The summed E-state index contributed by atoms with van der Waals surface area (Å²) >= 11 is 0. The molecule has 1 aromatic heterocycles. The van der Waals surface area contributed by atoms with Crippen LogP contribution in [0, 0.1) is 6.92 Å². The lowest BCUT2D eigenvalue weighted by atomic mass is 9.89. The minimum Gasteiger partial charge on any atom is -0.388 e. The summed E-state index contributed by atoms with van der Waals surface area (Å²) < 4.78 is 0. The van der Waals surface area contributed by atoms with Crippen molar-refractivity contribution in [2.75, 3.05) is 13.1 Å². The fourth-order valence-corrected chi connectivity index (χ4v) is 2.14. The highest BCUT2D eigenvalue weighted by Crippen LogP contribution is 2.20. The summed E-state index contributed by atoms with van der Waals surface area (Å²) in [6, 6.07) is 4.03. The molecule has 1 fully saturated rings. The molecule has 2 rings (SSSR count). The van der Waals surface area contributed by atoms with E-state index >= 15 is 0 Å². The number of hydrogen-bond donors (Lipinski definition) is 2. The lowest BCUT2D eigenvalue weighted by Crippen LogP contribution is -2.47. The first-order chi connectivity index (χ1) is 7.18. The van der Waals surface area contributed by atoms with Gasteiger partial charge in [-0.05, 0) is 44.0 Å². The van der Waals surface area contributed by atoms with E-state index in [4.69, 9.17) is 0 Å². The van der Waals surface area contributed by atoms with E-state index < -0.39 is 5.60 Å². The van der Waals surface area contributed by atoms with Crippen LogP contribution in [-0.4, -0.2) is 28.8 Å². The molecule has 0 aromatic carbocycles. The Morgan fingerprint density at radius 1 is 1.60 bits per heavy atom. The Labute approximate surface area is 90.5 Å². The molecule has 3 nitrogen and oxygen atoms in total. The van der Waals surface area contributed by atoms with E-state index in [2.05, 4.69) is 10.3 Å². The Balaban J connectivity index is 2.06. The molecule has 0 amide bonds. The van der Waals surface area contributed by atoms with Crippen LogP contribution >= 0.6 is 0 Å². The summed E-state index contributed by atoms with van der Waals surface area (Å²) in [7, 11) is 0. The second-order valence-corrected chi connectivity index (χ2v) is 4.51. The third-order valence-corrected chi connectivity index (χ3v) is 2.93. The van der Waals surface area contributed by atoms with Gasteiger partial charge in [0.2, 0.25) is 0 Å². The Morgan fingerprint density at radius 3 is 3.13 bits per heavy atom. The predicted molar refractivity (Wildman–Crippen MR) is 59.7 cm³/mol.